The van der Waals surface area contributed by atoms with Crippen LogP contribution >= 0.6 is 39.3 Å². The summed E-state index contributed by atoms with van der Waals surface area (Å²) < 4.78 is 11.3. The second kappa shape index (κ2) is 6.90. The van der Waals surface area contributed by atoms with Crippen LogP contribution in [0.5, 0.6) is 5.75 Å². The molecule has 1 aliphatic rings. The smallest absolute Gasteiger partial charge is 0.260 e. The van der Waals surface area contributed by atoms with Gasteiger partial charge in [0.2, 0.25) is 0 Å². The molecule has 1 atom stereocenters. The number of carbonyl (C=O) groups is 1. The number of furan rings is 1. The molecule has 1 fully saturated rings. The summed E-state index contributed by atoms with van der Waals surface area (Å²) in [5.41, 5.74) is 0.388. The van der Waals surface area contributed by atoms with Gasteiger partial charge in [-0.15, -0.1) is 0 Å². The van der Waals surface area contributed by atoms with Crippen LogP contribution in [-0.4, -0.2) is 18.5 Å². The quantitative estimate of drug-likeness (QED) is 0.729. The number of anilines is 1. The third kappa shape index (κ3) is 3.85. The highest BCUT2D eigenvalue weighted by Gasteiger charge is 2.28. The van der Waals surface area contributed by atoms with Gasteiger partial charge in [0.05, 0.1) is 17.7 Å². The first kappa shape index (κ1) is 16.3. The van der Waals surface area contributed by atoms with Crippen LogP contribution in [0, 0.1) is 0 Å². The molecule has 23 heavy (non-hydrogen) atoms. The Morgan fingerprint density at radius 1 is 1.43 bits per heavy atom. The molecule has 2 heterocycles. The second-order valence-electron chi connectivity index (χ2n) is 4.61. The molecular formula is C15H12BrClN2O3S. The molecule has 1 aromatic carbocycles. The number of carbonyl (C=O) groups excluding carboxylic acids is 1. The summed E-state index contributed by atoms with van der Waals surface area (Å²) >= 11 is 10.6. The van der Waals surface area contributed by atoms with Crippen molar-refractivity contribution in [2.75, 3.05) is 12.4 Å². The zero-order valence-electron chi connectivity index (χ0n) is 11.9. The zero-order valence-corrected chi connectivity index (χ0v) is 15.1. The van der Waals surface area contributed by atoms with Gasteiger partial charge in [-0.3, -0.25) is 4.79 Å². The van der Waals surface area contributed by atoms with E-state index in [9.17, 15) is 4.79 Å². The number of nitrogens with one attached hydrogen (secondary N) is 2. The van der Waals surface area contributed by atoms with Crippen LogP contribution in [0.2, 0.25) is 5.02 Å². The number of rotatable bonds is 4. The molecular weight excluding hydrogens is 404 g/mol. The zero-order chi connectivity index (χ0) is 16.4. The van der Waals surface area contributed by atoms with Gasteiger partial charge in [-0.1, -0.05) is 23.4 Å². The Hall–Kier alpha value is -1.57. The van der Waals surface area contributed by atoms with Gasteiger partial charge in [-0.05, 0) is 46.3 Å². The number of hydrogen-bond donors (Lipinski definition) is 2. The normalized spacial score (nSPS) is 19.0. The van der Waals surface area contributed by atoms with Crippen molar-refractivity contribution < 1.29 is 13.9 Å². The molecule has 5 nitrogen and oxygen atoms in total. The van der Waals surface area contributed by atoms with Crippen LogP contribution in [0.15, 0.2) is 44.3 Å². The molecule has 2 aromatic rings. The first-order valence-corrected chi connectivity index (χ1v) is 8.65. The van der Waals surface area contributed by atoms with Crippen LogP contribution in [0.25, 0.3) is 6.08 Å². The number of thioether (sulfide) groups is 1. The van der Waals surface area contributed by atoms with E-state index in [4.69, 9.17) is 20.8 Å². The minimum atomic E-state index is -0.320. The second-order valence-corrected chi connectivity index (χ2v) is 6.98. The van der Waals surface area contributed by atoms with E-state index in [0.29, 0.717) is 31.8 Å². The van der Waals surface area contributed by atoms with E-state index in [-0.39, 0.29) is 11.4 Å². The van der Waals surface area contributed by atoms with Crippen molar-refractivity contribution in [3.8, 4) is 5.75 Å². The van der Waals surface area contributed by atoms with Gasteiger partial charge < -0.3 is 19.8 Å². The Kier molecular flexibility index (Phi) is 4.89. The lowest BCUT2D eigenvalue weighted by Crippen LogP contribution is -2.31. The van der Waals surface area contributed by atoms with Gasteiger partial charge in [-0.2, -0.15) is 0 Å². The highest BCUT2D eigenvalue weighted by atomic mass is 79.9. The van der Waals surface area contributed by atoms with Crippen molar-refractivity contribution in [2.45, 2.75) is 5.50 Å². The average molecular weight is 416 g/mol. The van der Waals surface area contributed by atoms with Gasteiger partial charge in [0.25, 0.3) is 5.91 Å². The van der Waals surface area contributed by atoms with E-state index in [1.807, 2.05) is 0 Å². The number of benzene rings is 1. The first-order chi connectivity index (χ1) is 11.0. The number of hydrogen-bond acceptors (Lipinski definition) is 5. The topological polar surface area (TPSA) is 63.5 Å². The lowest BCUT2D eigenvalue weighted by molar-refractivity contribution is -0.116. The summed E-state index contributed by atoms with van der Waals surface area (Å²) in [5, 5.41) is 6.62. The Morgan fingerprint density at radius 3 is 2.96 bits per heavy atom. The molecule has 1 aromatic heterocycles. The van der Waals surface area contributed by atoms with Crippen LogP contribution in [0.4, 0.5) is 5.69 Å². The molecule has 0 aliphatic carbocycles. The summed E-state index contributed by atoms with van der Waals surface area (Å²) in [6, 6.07) is 8.82. The van der Waals surface area contributed by atoms with Crippen LogP contribution in [0.3, 0.4) is 0 Å². The lowest BCUT2D eigenvalue weighted by Gasteiger charge is -2.15. The van der Waals surface area contributed by atoms with E-state index < -0.39 is 0 Å². The molecule has 1 amide bonds. The van der Waals surface area contributed by atoms with Gasteiger partial charge >= 0.3 is 0 Å². The fraction of sp³-hybridized carbons (Fsp3) is 0.133. The van der Waals surface area contributed by atoms with Crippen molar-refractivity contribution in [3.05, 3.63) is 50.7 Å². The monoisotopic (exact) mass is 414 g/mol. The lowest BCUT2D eigenvalue weighted by atomic mass is 10.3. The number of ether oxygens (including phenoxy) is 1. The third-order valence-corrected chi connectivity index (χ3v) is 4.74. The highest BCUT2D eigenvalue weighted by Crippen LogP contribution is 2.34. The summed E-state index contributed by atoms with van der Waals surface area (Å²) in [6.45, 7) is 0. The van der Waals surface area contributed by atoms with Crippen molar-refractivity contribution in [1.82, 2.24) is 5.32 Å². The highest BCUT2D eigenvalue weighted by molar-refractivity contribution is 9.10. The van der Waals surface area contributed by atoms with Crippen molar-refractivity contribution >= 4 is 57.0 Å². The minimum absolute atomic E-state index is 0.166. The van der Waals surface area contributed by atoms with Crippen LogP contribution in [-0.2, 0) is 4.79 Å². The fourth-order valence-corrected chi connectivity index (χ4v) is 3.48. The SMILES string of the molecule is COc1ccc(Cl)cc1NC1NC(=O)/C(=C/c2ccc(Br)o2)S1. The molecule has 0 spiro atoms. The van der Waals surface area contributed by atoms with E-state index in [1.165, 1.54) is 11.8 Å². The molecule has 8 heteroatoms. The summed E-state index contributed by atoms with van der Waals surface area (Å²) in [7, 11) is 1.58. The van der Waals surface area contributed by atoms with E-state index in [1.54, 1.807) is 43.5 Å². The summed E-state index contributed by atoms with van der Waals surface area (Å²) in [5.74, 6) is 1.09. The van der Waals surface area contributed by atoms with Crippen molar-refractivity contribution in [3.63, 3.8) is 0 Å². The number of amides is 1. The largest absolute Gasteiger partial charge is 0.495 e. The molecule has 1 unspecified atom stereocenters. The first-order valence-electron chi connectivity index (χ1n) is 6.60. The Labute approximate surface area is 150 Å². The van der Waals surface area contributed by atoms with Crippen molar-refractivity contribution in [1.29, 1.82) is 0 Å². The molecule has 0 bridgehead atoms. The molecule has 0 saturated carbocycles. The molecule has 1 aliphatic heterocycles. The van der Waals surface area contributed by atoms with Gasteiger partial charge in [0.1, 0.15) is 11.5 Å². The van der Waals surface area contributed by atoms with Gasteiger partial charge in [-0.25, -0.2) is 0 Å². The Morgan fingerprint density at radius 2 is 2.26 bits per heavy atom. The van der Waals surface area contributed by atoms with Crippen molar-refractivity contribution in [2.24, 2.45) is 0 Å². The molecule has 2 N–H and O–H groups in total. The molecule has 1 saturated heterocycles. The Balaban J connectivity index is 1.75. The Bertz CT molecular complexity index is 778. The predicted octanol–water partition coefficient (Wildman–Crippen LogP) is 4.30. The molecule has 0 radical (unpaired) electrons. The maximum absolute atomic E-state index is 12.1. The maximum atomic E-state index is 12.1. The summed E-state index contributed by atoms with van der Waals surface area (Å²) in [4.78, 5) is 12.6. The van der Waals surface area contributed by atoms with Gasteiger partial charge in [0.15, 0.2) is 10.2 Å². The maximum Gasteiger partial charge on any atom is 0.260 e. The fourth-order valence-electron chi connectivity index (χ4n) is 2.03. The summed E-state index contributed by atoms with van der Waals surface area (Å²) in [6.07, 6.45) is 1.70. The molecule has 3 rings (SSSR count). The number of halogens is 2. The number of methoxy groups -OCH3 is 1. The van der Waals surface area contributed by atoms with E-state index >= 15 is 0 Å². The minimum Gasteiger partial charge on any atom is -0.495 e. The van der Waals surface area contributed by atoms with E-state index in [2.05, 4.69) is 26.6 Å². The average Bonchev–Trinajstić information content (AvgIpc) is 3.06. The van der Waals surface area contributed by atoms with Crippen LogP contribution in [0.1, 0.15) is 5.76 Å². The van der Waals surface area contributed by atoms with E-state index in [0.717, 1.165) is 0 Å². The molecule has 120 valence electrons. The standard InChI is InChI=1S/C15H12BrClN2O3S/c1-21-11-4-2-8(17)6-10(11)18-15-19-14(20)12(23-15)7-9-3-5-13(16)22-9/h2-7,15,18H,1H3,(H,19,20)/b12-7-. The van der Waals surface area contributed by atoms with Gasteiger partial charge in [0, 0.05) is 11.1 Å². The third-order valence-electron chi connectivity index (χ3n) is 3.05. The predicted molar refractivity (Wildman–Crippen MR) is 95.5 cm³/mol. The van der Waals surface area contributed by atoms with Crippen LogP contribution < -0.4 is 15.4 Å².